The van der Waals surface area contributed by atoms with Gasteiger partial charge in [0.25, 0.3) is 0 Å². The zero-order chi connectivity index (χ0) is 17.6. The van der Waals surface area contributed by atoms with E-state index in [2.05, 4.69) is 15.2 Å². The summed E-state index contributed by atoms with van der Waals surface area (Å²) in [5, 5.41) is 7.17. The molecule has 0 radical (unpaired) electrons. The van der Waals surface area contributed by atoms with Crippen LogP contribution in [0.2, 0.25) is 10.0 Å². The smallest absolute Gasteiger partial charge is 0.276 e. The molecule has 25 heavy (non-hydrogen) atoms. The molecule has 8 heteroatoms. The Morgan fingerprint density at radius 2 is 1.84 bits per heavy atom. The molecular weight excluding hydrogens is 363 g/mol. The van der Waals surface area contributed by atoms with Gasteiger partial charge < -0.3 is 0 Å². The molecule has 1 N–H and O–H groups in total. The Balaban J connectivity index is 2.09. The molecular formula is C17H10Cl2N4O2. The Morgan fingerprint density at radius 3 is 2.64 bits per heavy atom. The van der Waals surface area contributed by atoms with Crippen molar-refractivity contribution in [2.45, 2.75) is 6.54 Å². The largest absolute Gasteiger partial charge is 0.330 e. The van der Waals surface area contributed by atoms with Gasteiger partial charge in [-0.25, -0.2) is 5.10 Å². The van der Waals surface area contributed by atoms with Crippen LogP contribution in [0, 0.1) is 0 Å². The number of aromatic nitrogens is 3. The molecule has 3 aromatic rings. The third-order valence-corrected chi connectivity index (χ3v) is 4.47. The molecule has 0 saturated carbocycles. The highest BCUT2D eigenvalue weighted by atomic mass is 35.5. The molecule has 124 valence electrons. The summed E-state index contributed by atoms with van der Waals surface area (Å²) in [4.78, 5) is 28.7. The van der Waals surface area contributed by atoms with Crippen LogP contribution in [0.25, 0.3) is 5.69 Å². The first-order valence-corrected chi connectivity index (χ1v) is 8.12. The van der Waals surface area contributed by atoms with Crippen LogP contribution in [-0.4, -0.2) is 20.5 Å². The van der Waals surface area contributed by atoms with Crippen LogP contribution in [0.5, 0.6) is 0 Å². The molecule has 2 heterocycles. The lowest BCUT2D eigenvalue weighted by Gasteiger charge is -2.13. The SMILES string of the molecule is O=c1[nH]nc2n(c1=O)-c1ccc(Cl)cc1C(c1ccccc1Cl)=NC2. The maximum Gasteiger partial charge on any atom is 0.330 e. The van der Waals surface area contributed by atoms with E-state index in [1.54, 1.807) is 24.3 Å². The number of nitrogens with one attached hydrogen (secondary N) is 1. The van der Waals surface area contributed by atoms with Gasteiger partial charge in [-0.05, 0) is 24.3 Å². The molecule has 0 atom stereocenters. The number of aromatic amines is 1. The average molecular weight is 373 g/mol. The van der Waals surface area contributed by atoms with Crippen LogP contribution in [0.4, 0.5) is 0 Å². The zero-order valence-electron chi connectivity index (χ0n) is 12.7. The summed E-state index contributed by atoms with van der Waals surface area (Å²) in [6, 6.07) is 12.3. The second-order valence-electron chi connectivity index (χ2n) is 5.42. The Labute approximate surface area is 151 Å². The van der Waals surface area contributed by atoms with E-state index in [1.165, 1.54) is 4.57 Å². The molecule has 1 aliphatic heterocycles. The molecule has 1 aliphatic rings. The molecule has 0 spiro atoms. The topological polar surface area (TPSA) is 80.1 Å². The molecule has 0 amide bonds. The summed E-state index contributed by atoms with van der Waals surface area (Å²) in [6.07, 6.45) is 0. The van der Waals surface area contributed by atoms with Gasteiger partial charge in [0.15, 0.2) is 5.82 Å². The second kappa shape index (κ2) is 5.98. The minimum absolute atomic E-state index is 0.110. The molecule has 0 unspecified atom stereocenters. The number of halogens is 2. The molecule has 6 nitrogen and oxygen atoms in total. The molecule has 2 aromatic carbocycles. The standard InChI is InChI=1S/C17H10Cl2N4O2/c18-9-5-6-13-11(7-9)15(10-3-1-2-4-12(10)19)20-8-14-21-22-16(24)17(25)23(13)14/h1-7H,8H2,(H,22,24). The minimum Gasteiger partial charge on any atom is -0.276 e. The van der Waals surface area contributed by atoms with E-state index < -0.39 is 11.1 Å². The fourth-order valence-electron chi connectivity index (χ4n) is 2.80. The first kappa shape index (κ1) is 15.8. The molecule has 1 aromatic heterocycles. The third-order valence-electron chi connectivity index (χ3n) is 3.90. The second-order valence-corrected chi connectivity index (χ2v) is 6.26. The molecule has 0 bridgehead atoms. The van der Waals surface area contributed by atoms with Crippen LogP contribution in [0.15, 0.2) is 57.0 Å². The molecule has 0 fully saturated rings. The normalized spacial score (nSPS) is 12.8. The van der Waals surface area contributed by atoms with Gasteiger partial charge in [-0.15, -0.1) is 0 Å². The van der Waals surface area contributed by atoms with Crippen LogP contribution >= 0.6 is 23.2 Å². The molecule has 0 aliphatic carbocycles. The number of aliphatic imine (C=N–C) groups is 1. The Morgan fingerprint density at radius 1 is 1.04 bits per heavy atom. The average Bonchev–Trinajstić information content (AvgIpc) is 2.76. The van der Waals surface area contributed by atoms with Crippen molar-refractivity contribution in [3.05, 3.63) is 90.2 Å². The van der Waals surface area contributed by atoms with Crippen molar-refractivity contribution in [3.63, 3.8) is 0 Å². The van der Waals surface area contributed by atoms with Gasteiger partial charge >= 0.3 is 11.1 Å². The number of nitrogens with zero attached hydrogens (tertiary/aromatic N) is 3. The summed E-state index contributed by atoms with van der Waals surface area (Å²) in [7, 11) is 0. The zero-order valence-corrected chi connectivity index (χ0v) is 14.2. The van der Waals surface area contributed by atoms with E-state index in [-0.39, 0.29) is 6.54 Å². The Kier molecular flexibility index (Phi) is 3.78. The highest BCUT2D eigenvalue weighted by Gasteiger charge is 2.23. The number of H-pyrrole nitrogens is 1. The van der Waals surface area contributed by atoms with Crippen LogP contribution in [0.3, 0.4) is 0 Å². The van der Waals surface area contributed by atoms with Crippen molar-refractivity contribution in [3.8, 4) is 5.69 Å². The molecule has 4 rings (SSSR count). The van der Waals surface area contributed by atoms with E-state index in [1.807, 2.05) is 18.2 Å². The fraction of sp³-hybridized carbons (Fsp3) is 0.0588. The number of rotatable bonds is 1. The minimum atomic E-state index is -0.800. The van der Waals surface area contributed by atoms with E-state index in [9.17, 15) is 9.59 Å². The summed E-state index contributed by atoms with van der Waals surface area (Å²) < 4.78 is 1.26. The summed E-state index contributed by atoms with van der Waals surface area (Å²) in [6.45, 7) is 0.110. The Bertz CT molecular complexity index is 1150. The predicted octanol–water partition coefficient (Wildman–Crippen LogP) is 2.58. The first-order valence-electron chi connectivity index (χ1n) is 7.36. The van der Waals surface area contributed by atoms with E-state index in [0.29, 0.717) is 38.4 Å². The van der Waals surface area contributed by atoms with E-state index in [4.69, 9.17) is 23.2 Å². The van der Waals surface area contributed by atoms with Crippen molar-refractivity contribution in [1.29, 1.82) is 0 Å². The van der Waals surface area contributed by atoms with Gasteiger partial charge in [0.05, 0.1) is 11.4 Å². The van der Waals surface area contributed by atoms with E-state index >= 15 is 0 Å². The maximum absolute atomic E-state index is 12.4. The van der Waals surface area contributed by atoms with E-state index in [0.717, 1.165) is 0 Å². The highest BCUT2D eigenvalue weighted by molar-refractivity contribution is 6.36. The lowest BCUT2D eigenvalue weighted by atomic mass is 10.0. The summed E-state index contributed by atoms with van der Waals surface area (Å²) >= 11 is 12.5. The van der Waals surface area contributed by atoms with Crippen LogP contribution in [-0.2, 0) is 6.54 Å². The van der Waals surface area contributed by atoms with Gasteiger partial charge in [-0.1, -0.05) is 41.4 Å². The van der Waals surface area contributed by atoms with Crippen molar-refractivity contribution < 1.29 is 0 Å². The quantitative estimate of drug-likeness (QED) is 0.666. The van der Waals surface area contributed by atoms with Crippen molar-refractivity contribution >= 4 is 28.9 Å². The van der Waals surface area contributed by atoms with Crippen molar-refractivity contribution in [2.24, 2.45) is 4.99 Å². The van der Waals surface area contributed by atoms with Crippen LogP contribution < -0.4 is 11.1 Å². The summed E-state index contributed by atoms with van der Waals surface area (Å²) in [5.74, 6) is 0.329. The van der Waals surface area contributed by atoms with Gasteiger partial charge in [0, 0.05) is 21.2 Å². The lowest BCUT2D eigenvalue weighted by molar-refractivity contribution is 0.731. The van der Waals surface area contributed by atoms with Crippen molar-refractivity contribution in [2.75, 3.05) is 0 Å². The van der Waals surface area contributed by atoms with Gasteiger partial charge in [0.1, 0.15) is 6.54 Å². The number of benzene rings is 2. The predicted molar refractivity (Wildman–Crippen MR) is 96.3 cm³/mol. The number of hydrogen-bond acceptors (Lipinski definition) is 4. The van der Waals surface area contributed by atoms with Crippen LogP contribution in [0.1, 0.15) is 17.0 Å². The highest BCUT2D eigenvalue weighted by Crippen LogP contribution is 2.28. The summed E-state index contributed by atoms with van der Waals surface area (Å²) in [5.41, 5.74) is 0.864. The third kappa shape index (κ3) is 2.59. The number of fused-ring (bicyclic) bond motifs is 3. The van der Waals surface area contributed by atoms with Gasteiger partial charge in [0.2, 0.25) is 0 Å². The van der Waals surface area contributed by atoms with Gasteiger partial charge in [-0.3, -0.25) is 19.1 Å². The fourth-order valence-corrected chi connectivity index (χ4v) is 3.20. The Hall–Kier alpha value is -2.70. The van der Waals surface area contributed by atoms with Crippen molar-refractivity contribution in [1.82, 2.24) is 14.8 Å². The first-order chi connectivity index (χ1) is 12.1. The maximum atomic E-state index is 12.4. The lowest BCUT2D eigenvalue weighted by Crippen LogP contribution is -2.38. The van der Waals surface area contributed by atoms with Gasteiger partial charge in [-0.2, -0.15) is 5.10 Å². The monoisotopic (exact) mass is 372 g/mol. The molecule has 0 saturated heterocycles. The number of hydrogen-bond donors (Lipinski definition) is 1.